The molecule has 1 heterocycles. The van der Waals surface area contributed by atoms with Crippen molar-refractivity contribution in [2.75, 3.05) is 7.05 Å². The zero-order chi connectivity index (χ0) is 18.6. The monoisotopic (exact) mass is 392 g/mol. The summed E-state index contributed by atoms with van der Waals surface area (Å²) < 4.78 is 26.8. The maximum absolute atomic E-state index is 12.8. The van der Waals surface area contributed by atoms with Crippen molar-refractivity contribution in [2.24, 2.45) is 0 Å². The Balaban J connectivity index is 1.68. The molecule has 2 aromatic rings. The van der Waals surface area contributed by atoms with E-state index >= 15 is 0 Å². The summed E-state index contributed by atoms with van der Waals surface area (Å²) in [6.45, 7) is 0.294. The summed E-state index contributed by atoms with van der Waals surface area (Å²) >= 11 is 1.18. The van der Waals surface area contributed by atoms with Crippen molar-refractivity contribution in [1.29, 1.82) is 0 Å². The van der Waals surface area contributed by atoms with E-state index < -0.39 is 10.0 Å². The number of sulfonamides is 1. The number of carbonyl (C=O) groups excluding carboxylic acids is 1. The first-order valence-electron chi connectivity index (χ1n) is 8.86. The van der Waals surface area contributed by atoms with Crippen molar-refractivity contribution in [2.45, 2.75) is 49.6 Å². The highest BCUT2D eigenvalue weighted by Gasteiger charge is 2.24. The minimum atomic E-state index is -3.62. The van der Waals surface area contributed by atoms with Crippen molar-refractivity contribution >= 4 is 27.3 Å². The van der Waals surface area contributed by atoms with Crippen LogP contribution in [0.2, 0.25) is 0 Å². The number of nitrogens with one attached hydrogen (secondary N) is 1. The fraction of sp³-hybridized carbons (Fsp3) is 0.421. The molecule has 1 N–H and O–H groups in total. The van der Waals surface area contributed by atoms with E-state index in [-0.39, 0.29) is 16.8 Å². The maximum Gasteiger partial charge on any atom is 0.261 e. The number of thiophene rings is 1. The summed E-state index contributed by atoms with van der Waals surface area (Å²) in [5.41, 5.74) is 0.920. The zero-order valence-corrected chi connectivity index (χ0v) is 16.5. The Kier molecular flexibility index (Phi) is 6.11. The fourth-order valence-electron chi connectivity index (χ4n) is 3.18. The van der Waals surface area contributed by atoms with Gasteiger partial charge in [-0.1, -0.05) is 49.6 Å². The molecule has 0 radical (unpaired) electrons. The smallest absolute Gasteiger partial charge is 0.261 e. The van der Waals surface area contributed by atoms with Crippen LogP contribution in [0.3, 0.4) is 0 Å². The first-order valence-corrected chi connectivity index (χ1v) is 11.2. The van der Waals surface area contributed by atoms with Gasteiger partial charge in [-0.15, -0.1) is 11.3 Å². The first kappa shape index (κ1) is 19.1. The predicted octanol–water partition coefficient (Wildman–Crippen LogP) is 3.63. The van der Waals surface area contributed by atoms with Gasteiger partial charge >= 0.3 is 0 Å². The van der Waals surface area contributed by atoms with Crippen LogP contribution in [-0.2, 0) is 16.6 Å². The van der Waals surface area contributed by atoms with Gasteiger partial charge in [0.25, 0.3) is 5.91 Å². The molecule has 0 atom stereocenters. The van der Waals surface area contributed by atoms with Gasteiger partial charge in [-0.25, -0.2) is 8.42 Å². The van der Waals surface area contributed by atoms with Crippen LogP contribution in [0.5, 0.6) is 0 Å². The molecule has 1 aliphatic carbocycles. The van der Waals surface area contributed by atoms with Crippen LogP contribution in [0.4, 0.5) is 0 Å². The molecule has 0 bridgehead atoms. The van der Waals surface area contributed by atoms with Crippen LogP contribution in [0.25, 0.3) is 0 Å². The Bertz CT molecular complexity index is 841. The molecular formula is C19H24N2O3S2. The third-order valence-electron chi connectivity index (χ3n) is 4.70. The van der Waals surface area contributed by atoms with Crippen molar-refractivity contribution in [3.63, 3.8) is 0 Å². The second-order valence-electron chi connectivity index (χ2n) is 6.70. The Morgan fingerprint density at radius 3 is 2.58 bits per heavy atom. The van der Waals surface area contributed by atoms with Crippen LogP contribution < -0.4 is 5.32 Å². The highest BCUT2D eigenvalue weighted by Crippen LogP contribution is 2.24. The second kappa shape index (κ2) is 8.33. The third-order valence-corrected chi connectivity index (χ3v) is 7.56. The van der Waals surface area contributed by atoms with Crippen LogP contribution in [0.15, 0.2) is 46.7 Å². The number of nitrogens with zero attached hydrogens (tertiary/aromatic N) is 1. The molecule has 1 amide bonds. The lowest BCUT2D eigenvalue weighted by atomic mass is 9.95. The highest BCUT2D eigenvalue weighted by molar-refractivity contribution is 7.89. The molecule has 0 unspecified atom stereocenters. The average molecular weight is 393 g/mol. The summed E-state index contributed by atoms with van der Waals surface area (Å²) in [6, 6.07) is 11.1. The molecule has 26 heavy (non-hydrogen) atoms. The Morgan fingerprint density at radius 1 is 1.19 bits per heavy atom. The number of benzene rings is 1. The van der Waals surface area contributed by atoms with Gasteiger partial charge in [-0.2, -0.15) is 4.31 Å². The van der Waals surface area contributed by atoms with Gasteiger partial charge < -0.3 is 5.32 Å². The fourth-order valence-corrected chi connectivity index (χ4v) is 5.51. The molecule has 0 saturated heterocycles. The van der Waals surface area contributed by atoms with E-state index in [0.29, 0.717) is 11.4 Å². The van der Waals surface area contributed by atoms with E-state index in [1.807, 2.05) is 30.3 Å². The van der Waals surface area contributed by atoms with Gasteiger partial charge in [0.15, 0.2) is 0 Å². The standard InChI is InChI=1S/C19H24N2O3S2/c1-21(13-15-8-4-2-5-9-15)26(23,24)17-12-18(25-14-17)19(22)20-16-10-6-3-7-11-16/h2,4-5,8-9,12,14,16H,3,6-7,10-11,13H2,1H3,(H,20,22). The quantitative estimate of drug-likeness (QED) is 0.816. The summed E-state index contributed by atoms with van der Waals surface area (Å²) in [6.07, 6.45) is 5.50. The Morgan fingerprint density at radius 2 is 1.88 bits per heavy atom. The maximum atomic E-state index is 12.8. The molecule has 3 rings (SSSR count). The van der Waals surface area contributed by atoms with Gasteiger partial charge in [0, 0.05) is 25.0 Å². The Labute approximate surface area is 159 Å². The van der Waals surface area contributed by atoms with E-state index in [0.717, 1.165) is 31.2 Å². The van der Waals surface area contributed by atoms with Gasteiger partial charge in [0.2, 0.25) is 10.0 Å². The molecule has 7 heteroatoms. The molecule has 1 aromatic heterocycles. The predicted molar refractivity (Wildman–Crippen MR) is 104 cm³/mol. The summed E-state index contributed by atoms with van der Waals surface area (Å²) in [5.74, 6) is -0.172. The molecule has 1 saturated carbocycles. The molecule has 0 aliphatic heterocycles. The zero-order valence-electron chi connectivity index (χ0n) is 14.8. The van der Waals surface area contributed by atoms with E-state index in [1.165, 1.54) is 28.1 Å². The molecule has 140 valence electrons. The third kappa shape index (κ3) is 4.52. The van der Waals surface area contributed by atoms with Crippen LogP contribution in [0.1, 0.15) is 47.3 Å². The van der Waals surface area contributed by atoms with Crippen LogP contribution in [-0.4, -0.2) is 31.7 Å². The van der Waals surface area contributed by atoms with E-state index in [9.17, 15) is 13.2 Å². The second-order valence-corrected chi connectivity index (χ2v) is 9.66. The van der Waals surface area contributed by atoms with E-state index in [1.54, 1.807) is 12.4 Å². The van der Waals surface area contributed by atoms with Gasteiger partial charge in [-0.05, 0) is 24.5 Å². The first-order chi connectivity index (χ1) is 12.5. The molecule has 0 spiro atoms. The van der Waals surface area contributed by atoms with Crippen molar-refractivity contribution in [3.8, 4) is 0 Å². The SMILES string of the molecule is CN(Cc1ccccc1)S(=O)(=O)c1csc(C(=O)NC2CCCCC2)c1. The molecule has 5 nitrogen and oxygen atoms in total. The number of rotatable bonds is 6. The van der Waals surface area contributed by atoms with Crippen molar-refractivity contribution < 1.29 is 13.2 Å². The normalized spacial score (nSPS) is 15.9. The largest absolute Gasteiger partial charge is 0.349 e. The van der Waals surface area contributed by atoms with Gasteiger partial charge in [-0.3, -0.25) is 4.79 Å². The molecule has 1 aliphatic rings. The summed E-state index contributed by atoms with van der Waals surface area (Å²) in [7, 11) is -2.06. The van der Waals surface area contributed by atoms with E-state index in [4.69, 9.17) is 0 Å². The highest BCUT2D eigenvalue weighted by atomic mass is 32.2. The number of hydrogen-bond acceptors (Lipinski definition) is 4. The molecular weight excluding hydrogens is 368 g/mol. The van der Waals surface area contributed by atoms with Gasteiger partial charge in [0.1, 0.15) is 0 Å². The number of carbonyl (C=O) groups is 1. The van der Waals surface area contributed by atoms with Crippen molar-refractivity contribution in [1.82, 2.24) is 9.62 Å². The lowest BCUT2D eigenvalue weighted by Crippen LogP contribution is -2.35. The number of amides is 1. The minimum Gasteiger partial charge on any atom is -0.349 e. The van der Waals surface area contributed by atoms with Crippen LogP contribution in [0, 0.1) is 0 Å². The average Bonchev–Trinajstić information content (AvgIpc) is 3.14. The van der Waals surface area contributed by atoms with Crippen LogP contribution >= 0.6 is 11.3 Å². The van der Waals surface area contributed by atoms with Crippen molar-refractivity contribution in [3.05, 3.63) is 52.2 Å². The summed E-state index contributed by atoms with van der Waals surface area (Å²) in [4.78, 5) is 13.0. The number of hydrogen-bond donors (Lipinski definition) is 1. The lowest BCUT2D eigenvalue weighted by Gasteiger charge is -2.22. The molecule has 1 fully saturated rings. The summed E-state index contributed by atoms with van der Waals surface area (Å²) in [5, 5.41) is 4.58. The van der Waals surface area contributed by atoms with E-state index in [2.05, 4.69) is 5.32 Å². The minimum absolute atomic E-state index is 0.172. The Hall–Kier alpha value is -1.70. The molecule has 1 aromatic carbocycles. The topological polar surface area (TPSA) is 66.5 Å². The lowest BCUT2D eigenvalue weighted by molar-refractivity contribution is 0.0931. The van der Waals surface area contributed by atoms with Gasteiger partial charge in [0.05, 0.1) is 9.77 Å².